The summed E-state index contributed by atoms with van der Waals surface area (Å²) in [5.74, 6) is -0.267. The number of nitrogens with zero attached hydrogens (tertiary/aromatic N) is 1. The Kier molecular flexibility index (Phi) is 6.03. The molecule has 140 valence electrons. The highest BCUT2D eigenvalue weighted by Crippen LogP contribution is 2.19. The van der Waals surface area contributed by atoms with Gasteiger partial charge in [0.2, 0.25) is 5.91 Å². The predicted octanol–water partition coefficient (Wildman–Crippen LogP) is 4.24. The van der Waals surface area contributed by atoms with E-state index in [-0.39, 0.29) is 18.2 Å². The van der Waals surface area contributed by atoms with E-state index in [1.54, 1.807) is 11.4 Å². The monoisotopic (exact) mass is 399 g/mol. The molecule has 0 aliphatic rings. The van der Waals surface area contributed by atoms with Crippen LogP contribution in [0.1, 0.15) is 37.6 Å². The van der Waals surface area contributed by atoms with Crippen LogP contribution in [0.4, 0.5) is 5.13 Å². The van der Waals surface area contributed by atoms with Crippen LogP contribution in [0, 0.1) is 20.8 Å². The molecule has 0 spiro atoms. The van der Waals surface area contributed by atoms with Gasteiger partial charge in [-0.25, -0.2) is 4.98 Å². The zero-order chi connectivity index (χ0) is 19.4. The Balaban J connectivity index is 1.54. The van der Waals surface area contributed by atoms with E-state index in [0.717, 1.165) is 5.56 Å². The molecule has 0 radical (unpaired) electrons. The van der Waals surface area contributed by atoms with E-state index in [1.807, 2.05) is 11.4 Å². The molecule has 7 heteroatoms. The molecule has 2 N–H and O–H groups in total. The van der Waals surface area contributed by atoms with E-state index >= 15 is 0 Å². The number of benzene rings is 1. The maximum atomic E-state index is 12.3. The van der Waals surface area contributed by atoms with Crippen molar-refractivity contribution in [2.75, 3.05) is 5.32 Å². The molecule has 0 aliphatic heterocycles. The van der Waals surface area contributed by atoms with Crippen molar-refractivity contribution in [1.82, 2.24) is 10.3 Å². The second kappa shape index (κ2) is 8.45. The number of nitrogens with one attached hydrogen (secondary N) is 2. The Hall–Kier alpha value is -2.51. The van der Waals surface area contributed by atoms with Crippen molar-refractivity contribution in [3.63, 3.8) is 0 Å². The SMILES string of the molecule is Cc1cc(C)c(CNC(=O)Cc2csc(NC(=O)c3cccs3)n2)c(C)c1. The maximum absolute atomic E-state index is 12.3. The molecule has 0 fully saturated rings. The molecule has 0 aliphatic carbocycles. The van der Waals surface area contributed by atoms with Crippen LogP contribution in [-0.4, -0.2) is 16.8 Å². The van der Waals surface area contributed by atoms with Crippen LogP contribution in [0.3, 0.4) is 0 Å². The Bertz CT molecular complexity index is 939. The number of aromatic nitrogens is 1. The van der Waals surface area contributed by atoms with Gasteiger partial charge in [-0.05, 0) is 48.9 Å². The predicted molar refractivity (Wildman–Crippen MR) is 111 cm³/mol. The quantitative estimate of drug-likeness (QED) is 0.651. The lowest BCUT2D eigenvalue weighted by atomic mass is 10.00. The summed E-state index contributed by atoms with van der Waals surface area (Å²) in [6.45, 7) is 6.69. The van der Waals surface area contributed by atoms with E-state index in [1.165, 1.54) is 39.4 Å². The fraction of sp³-hybridized carbons (Fsp3) is 0.250. The van der Waals surface area contributed by atoms with Crippen molar-refractivity contribution >= 4 is 39.6 Å². The number of anilines is 1. The first kappa shape index (κ1) is 19.3. The van der Waals surface area contributed by atoms with Gasteiger partial charge < -0.3 is 5.32 Å². The molecule has 0 saturated carbocycles. The number of carbonyl (C=O) groups excluding carboxylic acids is 2. The van der Waals surface area contributed by atoms with Gasteiger partial charge in [-0.3, -0.25) is 14.9 Å². The molecule has 5 nitrogen and oxygen atoms in total. The highest BCUT2D eigenvalue weighted by atomic mass is 32.1. The summed E-state index contributed by atoms with van der Waals surface area (Å²) in [5.41, 5.74) is 5.38. The van der Waals surface area contributed by atoms with Crippen molar-refractivity contribution in [1.29, 1.82) is 0 Å². The van der Waals surface area contributed by atoms with Gasteiger partial charge in [0.25, 0.3) is 5.91 Å². The second-order valence-electron chi connectivity index (χ2n) is 6.41. The summed E-state index contributed by atoms with van der Waals surface area (Å²) >= 11 is 2.70. The number of aryl methyl sites for hydroxylation is 3. The van der Waals surface area contributed by atoms with Crippen molar-refractivity contribution in [2.24, 2.45) is 0 Å². The molecule has 1 aromatic carbocycles. The van der Waals surface area contributed by atoms with Gasteiger partial charge in [-0.15, -0.1) is 22.7 Å². The molecule has 3 rings (SSSR count). The van der Waals surface area contributed by atoms with Crippen molar-refractivity contribution in [3.8, 4) is 0 Å². The van der Waals surface area contributed by atoms with E-state index in [0.29, 0.717) is 22.2 Å². The number of rotatable bonds is 6. The van der Waals surface area contributed by atoms with Crippen molar-refractivity contribution in [3.05, 3.63) is 67.9 Å². The molecule has 2 aromatic heterocycles. The summed E-state index contributed by atoms with van der Waals surface area (Å²) < 4.78 is 0. The van der Waals surface area contributed by atoms with E-state index in [4.69, 9.17) is 0 Å². The standard InChI is InChI=1S/C20H21N3O2S2/c1-12-7-13(2)16(14(3)8-12)10-21-18(24)9-15-11-27-20(22-15)23-19(25)17-5-4-6-26-17/h4-8,11H,9-10H2,1-3H3,(H,21,24)(H,22,23,25). The van der Waals surface area contributed by atoms with Crippen LogP contribution in [0.2, 0.25) is 0 Å². The molecule has 0 atom stereocenters. The lowest BCUT2D eigenvalue weighted by molar-refractivity contribution is -0.120. The normalized spacial score (nSPS) is 10.6. The van der Waals surface area contributed by atoms with Crippen LogP contribution in [-0.2, 0) is 17.8 Å². The molecule has 3 aromatic rings. The van der Waals surface area contributed by atoms with Crippen molar-refractivity contribution < 1.29 is 9.59 Å². The molecule has 0 saturated heterocycles. The lowest BCUT2D eigenvalue weighted by Gasteiger charge is -2.12. The number of thiophene rings is 1. The van der Waals surface area contributed by atoms with Gasteiger partial charge >= 0.3 is 0 Å². The molecule has 0 bridgehead atoms. The van der Waals surface area contributed by atoms with Crippen LogP contribution < -0.4 is 10.6 Å². The third-order valence-electron chi connectivity index (χ3n) is 4.16. The summed E-state index contributed by atoms with van der Waals surface area (Å²) in [5, 5.41) is 9.87. The first-order valence-electron chi connectivity index (χ1n) is 8.55. The molecule has 2 amide bonds. The van der Waals surface area contributed by atoms with Gasteiger partial charge in [-0.2, -0.15) is 0 Å². The Morgan fingerprint density at radius 3 is 2.52 bits per heavy atom. The highest BCUT2D eigenvalue weighted by molar-refractivity contribution is 7.14. The third kappa shape index (κ3) is 5.02. The molecular weight excluding hydrogens is 378 g/mol. The first-order chi connectivity index (χ1) is 12.9. The van der Waals surface area contributed by atoms with Crippen LogP contribution in [0.25, 0.3) is 0 Å². The fourth-order valence-electron chi connectivity index (χ4n) is 2.91. The minimum Gasteiger partial charge on any atom is -0.352 e. The van der Waals surface area contributed by atoms with Gasteiger partial charge in [0.05, 0.1) is 17.0 Å². The average Bonchev–Trinajstić information content (AvgIpc) is 3.26. The number of amides is 2. The Morgan fingerprint density at radius 2 is 1.85 bits per heavy atom. The highest BCUT2D eigenvalue weighted by Gasteiger charge is 2.12. The van der Waals surface area contributed by atoms with E-state index < -0.39 is 0 Å². The lowest BCUT2D eigenvalue weighted by Crippen LogP contribution is -2.25. The summed E-state index contributed by atoms with van der Waals surface area (Å²) in [6.07, 6.45) is 0.190. The average molecular weight is 400 g/mol. The number of hydrogen-bond acceptors (Lipinski definition) is 5. The Morgan fingerprint density at radius 1 is 1.11 bits per heavy atom. The van der Waals surface area contributed by atoms with Gasteiger partial charge in [0.1, 0.15) is 0 Å². The fourth-order valence-corrected chi connectivity index (χ4v) is 4.24. The topological polar surface area (TPSA) is 71.1 Å². The molecule has 2 heterocycles. The van der Waals surface area contributed by atoms with Gasteiger partial charge in [-0.1, -0.05) is 23.8 Å². The summed E-state index contributed by atoms with van der Waals surface area (Å²) in [4.78, 5) is 29.3. The number of hydrogen-bond donors (Lipinski definition) is 2. The minimum absolute atomic E-state index is 0.0872. The maximum Gasteiger partial charge on any atom is 0.267 e. The van der Waals surface area contributed by atoms with Crippen LogP contribution >= 0.6 is 22.7 Å². The Labute approximate surface area is 166 Å². The molecule has 0 unspecified atom stereocenters. The third-order valence-corrected chi connectivity index (χ3v) is 5.84. The van der Waals surface area contributed by atoms with Crippen LogP contribution in [0.5, 0.6) is 0 Å². The van der Waals surface area contributed by atoms with Crippen molar-refractivity contribution in [2.45, 2.75) is 33.7 Å². The van der Waals surface area contributed by atoms with E-state index in [2.05, 4.69) is 48.5 Å². The molecule has 27 heavy (non-hydrogen) atoms. The first-order valence-corrected chi connectivity index (χ1v) is 10.3. The number of thiazole rings is 1. The van der Waals surface area contributed by atoms with Gasteiger partial charge in [0.15, 0.2) is 5.13 Å². The molecular formula is C20H21N3O2S2. The second-order valence-corrected chi connectivity index (χ2v) is 8.21. The zero-order valence-corrected chi connectivity index (χ0v) is 17.1. The zero-order valence-electron chi connectivity index (χ0n) is 15.5. The summed E-state index contributed by atoms with van der Waals surface area (Å²) in [7, 11) is 0. The smallest absolute Gasteiger partial charge is 0.267 e. The van der Waals surface area contributed by atoms with E-state index in [9.17, 15) is 9.59 Å². The largest absolute Gasteiger partial charge is 0.352 e. The minimum atomic E-state index is -0.180. The summed E-state index contributed by atoms with van der Waals surface area (Å²) in [6, 6.07) is 7.83. The van der Waals surface area contributed by atoms with Gasteiger partial charge in [0, 0.05) is 11.9 Å². The number of carbonyl (C=O) groups is 2. The van der Waals surface area contributed by atoms with Crippen LogP contribution in [0.15, 0.2) is 35.0 Å².